The molecule has 2 saturated heterocycles. The molecule has 1 atom stereocenters. The summed E-state index contributed by atoms with van der Waals surface area (Å²) >= 11 is 0. The Bertz CT molecular complexity index is 444. The molecule has 0 bridgehead atoms. The van der Waals surface area contributed by atoms with Crippen molar-refractivity contribution in [2.75, 3.05) is 39.3 Å². The molecule has 19 heavy (non-hydrogen) atoms. The zero-order valence-electron chi connectivity index (χ0n) is 10.4. The minimum Gasteiger partial charge on any atom is -0.341 e. The van der Waals surface area contributed by atoms with Crippen LogP contribution >= 0.6 is 0 Å². The van der Waals surface area contributed by atoms with Crippen molar-refractivity contribution >= 4 is 17.7 Å². The van der Waals surface area contributed by atoms with Gasteiger partial charge in [0, 0.05) is 26.2 Å². The molecule has 102 valence electrons. The van der Waals surface area contributed by atoms with Gasteiger partial charge in [-0.05, 0) is 0 Å². The lowest BCUT2D eigenvalue weighted by molar-refractivity contribution is -0.160. The minimum absolute atomic E-state index is 0.0808. The van der Waals surface area contributed by atoms with Crippen molar-refractivity contribution in [2.24, 2.45) is 0 Å². The predicted octanol–water partition coefficient (Wildman–Crippen LogP) is -2.73. The summed E-state index contributed by atoms with van der Waals surface area (Å²) < 4.78 is 0. The van der Waals surface area contributed by atoms with Gasteiger partial charge in [0.05, 0.1) is 12.1 Å². The predicted molar refractivity (Wildman–Crippen MR) is 63.6 cm³/mol. The summed E-state index contributed by atoms with van der Waals surface area (Å²) in [5.41, 5.74) is 0. The van der Waals surface area contributed by atoms with Crippen molar-refractivity contribution in [1.29, 1.82) is 5.26 Å². The largest absolute Gasteiger partial charge is 0.341 e. The quantitative estimate of drug-likeness (QED) is 0.426. The van der Waals surface area contributed by atoms with Crippen molar-refractivity contribution in [1.82, 2.24) is 20.4 Å². The topological polar surface area (TPSA) is 106 Å². The van der Waals surface area contributed by atoms with E-state index in [9.17, 15) is 14.4 Å². The summed E-state index contributed by atoms with van der Waals surface area (Å²) in [7, 11) is 0. The first-order chi connectivity index (χ1) is 9.13. The van der Waals surface area contributed by atoms with Crippen LogP contribution in [-0.4, -0.2) is 72.8 Å². The van der Waals surface area contributed by atoms with E-state index in [1.165, 1.54) is 4.90 Å². The molecular formula is C11H15N5O3. The summed E-state index contributed by atoms with van der Waals surface area (Å²) in [6.45, 7) is 1.87. The van der Waals surface area contributed by atoms with E-state index in [0.717, 1.165) is 0 Å². The van der Waals surface area contributed by atoms with E-state index in [2.05, 4.69) is 10.6 Å². The highest BCUT2D eigenvalue weighted by atomic mass is 16.2. The molecule has 3 amide bonds. The molecule has 0 aromatic rings. The summed E-state index contributed by atoms with van der Waals surface area (Å²) in [6.07, 6.45) is 0. The third kappa shape index (κ3) is 2.82. The number of carbonyl (C=O) groups is 3. The molecule has 8 nitrogen and oxygen atoms in total. The zero-order chi connectivity index (χ0) is 13.8. The number of carbonyl (C=O) groups excluding carboxylic acids is 3. The lowest BCUT2D eigenvalue weighted by atomic mass is 10.1. The molecule has 8 heteroatoms. The molecule has 2 fully saturated rings. The highest BCUT2D eigenvalue weighted by molar-refractivity contribution is 6.35. The lowest BCUT2D eigenvalue weighted by Crippen LogP contribution is -2.66. The number of nitrogens with zero attached hydrogens (tertiary/aromatic N) is 3. The first-order valence-electron chi connectivity index (χ1n) is 6.07. The monoisotopic (exact) mass is 265 g/mol. The third-order valence-corrected chi connectivity index (χ3v) is 3.21. The SMILES string of the molecule is N#CCNC(=O)CN1CC2CNCCN2C(=O)C1=O. The Morgan fingerprint density at radius 2 is 2.26 bits per heavy atom. The maximum Gasteiger partial charge on any atom is 0.312 e. The van der Waals surface area contributed by atoms with E-state index in [1.807, 2.05) is 0 Å². The van der Waals surface area contributed by atoms with Gasteiger partial charge in [0.15, 0.2) is 0 Å². The van der Waals surface area contributed by atoms with E-state index in [-0.39, 0.29) is 19.1 Å². The van der Waals surface area contributed by atoms with Gasteiger partial charge in [0.25, 0.3) is 0 Å². The highest BCUT2D eigenvalue weighted by Gasteiger charge is 2.40. The Morgan fingerprint density at radius 1 is 1.47 bits per heavy atom. The van der Waals surface area contributed by atoms with Crippen LogP contribution in [0.2, 0.25) is 0 Å². The maximum atomic E-state index is 11.9. The van der Waals surface area contributed by atoms with Crippen LogP contribution in [0, 0.1) is 11.3 Å². The molecule has 0 aromatic carbocycles. The molecule has 2 heterocycles. The van der Waals surface area contributed by atoms with E-state index in [1.54, 1.807) is 11.0 Å². The van der Waals surface area contributed by atoms with Gasteiger partial charge in [-0.1, -0.05) is 0 Å². The van der Waals surface area contributed by atoms with Gasteiger partial charge in [-0.25, -0.2) is 0 Å². The normalized spacial score (nSPS) is 22.8. The van der Waals surface area contributed by atoms with Gasteiger partial charge in [-0.15, -0.1) is 0 Å². The van der Waals surface area contributed by atoms with Gasteiger partial charge >= 0.3 is 11.8 Å². The van der Waals surface area contributed by atoms with Crippen LogP contribution < -0.4 is 10.6 Å². The summed E-state index contributed by atoms with van der Waals surface area (Å²) in [4.78, 5) is 38.0. The fraction of sp³-hybridized carbons (Fsp3) is 0.636. The fourth-order valence-corrected chi connectivity index (χ4v) is 2.29. The summed E-state index contributed by atoms with van der Waals surface area (Å²) in [5, 5.41) is 13.9. The Balaban J connectivity index is 1.98. The number of hydrogen-bond acceptors (Lipinski definition) is 5. The number of nitriles is 1. The molecule has 0 saturated carbocycles. The summed E-state index contributed by atoms with van der Waals surface area (Å²) in [6, 6.07) is 1.70. The van der Waals surface area contributed by atoms with Crippen LogP contribution in [0.5, 0.6) is 0 Å². The van der Waals surface area contributed by atoms with Crippen LogP contribution in [0.25, 0.3) is 0 Å². The Hall–Kier alpha value is -2.14. The fourth-order valence-electron chi connectivity index (χ4n) is 2.29. The number of nitrogens with one attached hydrogen (secondary N) is 2. The second kappa shape index (κ2) is 5.67. The molecule has 2 rings (SSSR count). The van der Waals surface area contributed by atoms with Crippen LogP contribution in [-0.2, 0) is 14.4 Å². The molecule has 2 N–H and O–H groups in total. The Labute approximate surface area is 110 Å². The average Bonchev–Trinajstić information content (AvgIpc) is 2.42. The second-order valence-electron chi connectivity index (χ2n) is 4.48. The van der Waals surface area contributed by atoms with Crippen LogP contribution in [0.15, 0.2) is 0 Å². The van der Waals surface area contributed by atoms with Crippen molar-refractivity contribution in [3.8, 4) is 6.07 Å². The molecule has 0 aliphatic carbocycles. The van der Waals surface area contributed by atoms with Crippen LogP contribution in [0.3, 0.4) is 0 Å². The Morgan fingerprint density at radius 3 is 3.00 bits per heavy atom. The number of hydrogen-bond donors (Lipinski definition) is 2. The second-order valence-corrected chi connectivity index (χ2v) is 4.48. The molecular weight excluding hydrogens is 250 g/mol. The minimum atomic E-state index is -0.648. The van der Waals surface area contributed by atoms with Gasteiger partial charge in [-0.3, -0.25) is 14.4 Å². The van der Waals surface area contributed by atoms with Crippen molar-refractivity contribution < 1.29 is 14.4 Å². The lowest BCUT2D eigenvalue weighted by Gasteiger charge is -2.42. The van der Waals surface area contributed by atoms with Crippen molar-refractivity contribution in [2.45, 2.75) is 6.04 Å². The van der Waals surface area contributed by atoms with Crippen molar-refractivity contribution in [3.05, 3.63) is 0 Å². The third-order valence-electron chi connectivity index (χ3n) is 3.21. The van der Waals surface area contributed by atoms with Gasteiger partial charge < -0.3 is 20.4 Å². The van der Waals surface area contributed by atoms with E-state index >= 15 is 0 Å². The van der Waals surface area contributed by atoms with Crippen molar-refractivity contribution in [3.63, 3.8) is 0 Å². The first-order valence-corrected chi connectivity index (χ1v) is 6.07. The van der Waals surface area contributed by atoms with Crippen LogP contribution in [0.1, 0.15) is 0 Å². The maximum absolute atomic E-state index is 11.9. The average molecular weight is 265 g/mol. The highest BCUT2D eigenvalue weighted by Crippen LogP contribution is 2.13. The number of piperazine rings is 2. The Kier molecular flexibility index (Phi) is 3.97. The summed E-state index contributed by atoms with van der Waals surface area (Å²) in [5.74, 6) is -1.63. The smallest absolute Gasteiger partial charge is 0.312 e. The van der Waals surface area contributed by atoms with Crippen LogP contribution in [0.4, 0.5) is 0 Å². The molecule has 2 aliphatic heterocycles. The molecule has 2 aliphatic rings. The van der Waals surface area contributed by atoms with Gasteiger partial charge in [0.2, 0.25) is 5.91 Å². The van der Waals surface area contributed by atoms with E-state index < -0.39 is 17.7 Å². The first kappa shape index (κ1) is 13.3. The number of amides is 3. The number of fused-ring (bicyclic) bond motifs is 1. The van der Waals surface area contributed by atoms with Gasteiger partial charge in [0.1, 0.15) is 13.1 Å². The molecule has 0 radical (unpaired) electrons. The van der Waals surface area contributed by atoms with Gasteiger partial charge in [-0.2, -0.15) is 5.26 Å². The molecule has 0 spiro atoms. The molecule has 1 unspecified atom stereocenters. The number of rotatable bonds is 3. The van der Waals surface area contributed by atoms with E-state index in [0.29, 0.717) is 26.2 Å². The zero-order valence-corrected chi connectivity index (χ0v) is 10.4. The van der Waals surface area contributed by atoms with E-state index in [4.69, 9.17) is 5.26 Å². The standard InChI is InChI=1S/C11H15N5O3/c12-1-2-14-9(17)7-15-6-8-5-13-3-4-16(8)11(19)10(15)18/h8,13H,2-7H2,(H,14,17). The molecule has 0 aromatic heterocycles.